The van der Waals surface area contributed by atoms with Crippen LogP contribution in [0.3, 0.4) is 0 Å². The van der Waals surface area contributed by atoms with Crippen molar-refractivity contribution in [3.05, 3.63) is 24.0 Å². The van der Waals surface area contributed by atoms with E-state index in [2.05, 4.69) is 0 Å². The second-order valence-electron chi connectivity index (χ2n) is 4.78. The topological polar surface area (TPSA) is 60.0 Å². The van der Waals surface area contributed by atoms with Crippen molar-refractivity contribution >= 4 is 5.91 Å². The molecular formula is C12H18F3N3O. The Bertz CT molecular complexity index is 426. The second kappa shape index (κ2) is 6.10. The van der Waals surface area contributed by atoms with Crippen LogP contribution in [0, 0.1) is 5.92 Å². The molecule has 1 atom stereocenters. The maximum absolute atomic E-state index is 11.9. The fourth-order valence-corrected chi connectivity index (χ4v) is 1.56. The third-order valence-electron chi connectivity index (χ3n) is 2.69. The first-order valence-corrected chi connectivity index (χ1v) is 5.94. The molecule has 7 heteroatoms. The molecule has 0 fully saturated rings. The summed E-state index contributed by atoms with van der Waals surface area (Å²) >= 11 is 0. The minimum Gasteiger partial charge on any atom is -0.345 e. The van der Waals surface area contributed by atoms with Crippen LogP contribution < -0.4 is 11.1 Å². The maximum Gasteiger partial charge on any atom is 0.405 e. The first-order valence-electron chi connectivity index (χ1n) is 5.94. The minimum atomic E-state index is -4.39. The smallest absolute Gasteiger partial charge is 0.345 e. The third-order valence-corrected chi connectivity index (χ3v) is 2.69. The van der Waals surface area contributed by atoms with Crippen molar-refractivity contribution < 1.29 is 18.0 Å². The molecular weight excluding hydrogens is 259 g/mol. The molecule has 1 amide bonds. The van der Waals surface area contributed by atoms with Crippen molar-refractivity contribution in [2.75, 3.05) is 6.54 Å². The lowest BCUT2D eigenvalue weighted by Crippen LogP contribution is -2.35. The lowest BCUT2D eigenvalue weighted by molar-refractivity contribution is -0.138. The van der Waals surface area contributed by atoms with E-state index < -0.39 is 18.6 Å². The number of nitrogens with one attached hydrogen (secondary N) is 1. The lowest BCUT2D eigenvalue weighted by Gasteiger charge is -2.13. The number of halogens is 3. The Morgan fingerprint density at radius 3 is 2.63 bits per heavy atom. The SMILES string of the molecule is CC(C)C(N)c1ccn(CC(=O)NCC(F)(F)F)c1. The van der Waals surface area contributed by atoms with Crippen molar-refractivity contribution in [1.29, 1.82) is 0 Å². The maximum atomic E-state index is 11.9. The summed E-state index contributed by atoms with van der Waals surface area (Å²) in [7, 11) is 0. The highest BCUT2D eigenvalue weighted by molar-refractivity contribution is 5.75. The average molecular weight is 277 g/mol. The lowest BCUT2D eigenvalue weighted by atomic mass is 10.00. The molecule has 0 aliphatic rings. The molecule has 0 aromatic carbocycles. The predicted molar refractivity (Wildman–Crippen MR) is 65.3 cm³/mol. The Morgan fingerprint density at radius 2 is 2.11 bits per heavy atom. The summed E-state index contributed by atoms with van der Waals surface area (Å²) in [5, 5.41) is 1.82. The number of amides is 1. The van der Waals surface area contributed by atoms with Gasteiger partial charge in [-0.15, -0.1) is 0 Å². The van der Waals surface area contributed by atoms with Gasteiger partial charge < -0.3 is 15.6 Å². The van der Waals surface area contributed by atoms with Gasteiger partial charge in [0.15, 0.2) is 0 Å². The molecule has 0 saturated heterocycles. The van der Waals surface area contributed by atoms with Crippen molar-refractivity contribution in [3.63, 3.8) is 0 Å². The van der Waals surface area contributed by atoms with Gasteiger partial charge in [-0.2, -0.15) is 13.2 Å². The van der Waals surface area contributed by atoms with Crippen LogP contribution >= 0.6 is 0 Å². The highest BCUT2D eigenvalue weighted by Gasteiger charge is 2.27. The molecule has 1 aromatic rings. The van der Waals surface area contributed by atoms with E-state index in [1.165, 1.54) is 4.57 Å². The summed E-state index contributed by atoms with van der Waals surface area (Å²) in [5.74, 6) is -0.438. The highest BCUT2D eigenvalue weighted by Crippen LogP contribution is 2.18. The molecule has 1 aromatic heterocycles. The summed E-state index contributed by atoms with van der Waals surface area (Å²) < 4.78 is 37.3. The van der Waals surface area contributed by atoms with Gasteiger partial charge in [0, 0.05) is 18.4 Å². The molecule has 1 heterocycles. The van der Waals surface area contributed by atoms with Crippen LogP contribution in [-0.4, -0.2) is 23.2 Å². The summed E-state index contributed by atoms with van der Waals surface area (Å²) in [6.07, 6.45) is -1.08. The van der Waals surface area contributed by atoms with Crippen molar-refractivity contribution in [3.8, 4) is 0 Å². The normalized spacial score (nSPS) is 13.6. The van der Waals surface area contributed by atoms with Crippen LogP contribution in [0.25, 0.3) is 0 Å². The van der Waals surface area contributed by atoms with Gasteiger partial charge in [-0.3, -0.25) is 4.79 Å². The molecule has 0 radical (unpaired) electrons. The number of nitrogens with two attached hydrogens (primary N) is 1. The van der Waals surface area contributed by atoms with Crippen LogP contribution in [0.4, 0.5) is 13.2 Å². The minimum absolute atomic E-state index is 0.152. The van der Waals surface area contributed by atoms with Gasteiger partial charge in [-0.1, -0.05) is 13.8 Å². The number of nitrogens with zero attached hydrogens (tertiary/aromatic N) is 1. The molecule has 1 unspecified atom stereocenters. The first-order chi connectivity index (χ1) is 8.69. The average Bonchev–Trinajstić information content (AvgIpc) is 2.72. The molecule has 0 bridgehead atoms. The van der Waals surface area contributed by atoms with E-state index >= 15 is 0 Å². The van der Waals surface area contributed by atoms with Crippen LogP contribution in [0.5, 0.6) is 0 Å². The molecule has 0 spiro atoms. The number of hydrogen-bond acceptors (Lipinski definition) is 2. The van der Waals surface area contributed by atoms with Gasteiger partial charge >= 0.3 is 6.18 Å². The van der Waals surface area contributed by atoms with Crippen molar-refractivity contribution in [2.24, 2.45) is 11.7 Å². The fraction of sp³-hybridized carbons (Fsp3) is 0.583. The zero-order chi connectivity index (χ0) is 14.6. The summed E-state index contributed by atoms with van der Waals surface area (Å²) in [5.41, 5.74) is 6.79. The van der Waals surface area contributed by atoms with Crippen molar-refractivity contribution in [1.82, 2.24) is 9.88 Å². The van der Waals surface area contributed by atoms with E-state index in [9.17, 15) is 18.0 Å². The largest absolute Gasteiger partial charge is 0.405 e. The summed E-state index contributed by atoms with van der Waals surface area (Å²) in [6, 6.07) is 1.61. The van der Waals surface area contributed by atoms with E-state index in [0.29, 0.717) is 0 Å². The molecule has 3 N–H and O–H groups in total. The number of carbonyl (C=O) groups excluding carboxylic acids is 1. The van der Waals surface area contributed by atoms with Gasteiger partial charge in [0.25, 0.3) is 0 Å². The van der Waals surface area contributed by atoms with E-state index in [1.54, 1.807) is 18.5 Å². The van der Waals surface area contributed by atoms with E-state index in [-0.39, 0.29) is 18.5 Å². The van der Waals surface area contributed by atoms with Gasteiger partial charge in [-0.05, 0) is 17.5 Å². The van der Waals surface area contributed by atoms with E-state index in [1.807, 2.05) is 19.2 Å². The summed E-state index contributed by atoms with van der Waals surface area (Å²) in [4.78, 5) is 11.3. The number of aromatic nitrogens is 1. The van der Waals surface area contributed by atoms with E-state index in [4.69, 9.17) is 5.73 Å². The van der Waals surface area contributed by atoms with Crippen LogP contribution in [0.2, 0.25) is 0 Å². The van der Waals surface area contributed by atoms with Crippen molar-refractivity contribution in [2.45, 2.75) is 32.6 Å². The molecule has 4 nitrogen and oxygen atoms in total. The number of alkyl halides is 3. The van der Waals surface area contributed by atoms with Gasteiger partial charge in [0.1, 0.15) is 13.1 Å². The Morgan fingerprint density at radius 1 is 1.47 bits per heavy atom. The number of hydrogen-bond donors (Lipinski definition) is 2. The van der Waals surface area contributed by atoms with Crippen LogP contribution in [0.15, 0.2) is 18.5 Å². The fourth-order valence-electron chi connectivity index (χ4n) is 1.56. The number of carbonyl (C=O) groups is 1. The molecule has 0 aliphatic heterocycles. The quantitative estimate of drug-likeness (QED) is 0.862. The van der Waals surface area contributed by atoms with Crippen LogP contribution in [-0.2, 0) is 11.3 Å². The van der Waals surface area contributed by atoms with Crippen LogP contribution in [0.1, 0.15) is 25.5 Å². The first kappa shape index (κ1) is 15.6. The van der Waals surface area contributed by atoms with Gasteiger partial charge in [0.2, 0.25) is 5.91 Å². The Labute approximate surface area is 109 Å². The van der Waals surface area contributed by atoms with Gasteiger partial charge in [0.05, 0.1) is 0 Å². The predicted octanol–water partition coefficient (Wildman–Crippen LogP) is 1.82. The van der Waals surface area contributed by atoms with E-state index in [0.717, 1.165) is 5.56 Å². The Kier molecular flexibility index (Phi) is 4.99. The molecule has 0 aliphatic carbocycles. The highest BCUT2D eigenvalue weighted by atomic mass is 19.4. The summed E-state index contributed by atoms with van der Waals surface area (Å²) in [6.45, 7) is 2.47. The standard InChI is InChI=1S/C12H18F3N3O/c1-8(2)11(16)9-3-4-18(5-9)6-10(19)17-7-12(13,14)15/h3-5,8,11H,6-7,16H2,1-2H3,(H,17,19). The second-order valence-corrected chi connectivity index (χ2v) is 4.78. The molecule has 0 saturated carbocycles. The third kappa shape index (κ3) is 5.34. The zero-order valence-corrected chi connectivity index (χ0v) is 10.9. The monoisotopic (exact) mass is 277 g/mol. The Balaban J connectivity index is 2.52. The number of rotatable bonds is 5. The molecule has 108 valence electrons. The molecule has 19 heavy (non-hydrogen) atoms. The molecule has 1 rings (SSSR count). The zero-order valence-electron chi connectivity index (χ0n) is 10.9. The Hall–Kier alpha value is -1.50. The van der Waals surface area contributed by atoms with Gasteiger partial charge in [-0.25, -0.2) is 0 Å².